The minimum absolute atomic E-state index is 0.151. The number of hydrogen-bond donors (Lipinski definition) is 1. The Hall–Kier alpha value is -3.59. The number of carbonyl (C=O) groups excluding carboxylic acids is 1. The van der Waals surface area contributed by atoms with Crippen LogP contribution in [0, 0.1) is 12.7 Å². The number of halogens is 1. The van der Waals surface area contributed by atoms with E-state index in [0.717, 1.165) is 4.88 Å². The van der Waals surface area contributed by atoms with Gasteiger partial charge in [0.25, 0.3) is 5.91 Å². The normalized spacial score (nSPS) is 10.7. The van der Waals surface area contributed by atoms with Crippen molar-refractivity contribution in [2.45, 2.75) is 13.5 Å². The summed E-state index contributed by atoms with van der Waals surface area (Å²) in [5.41, 5.74) is 1.00. The van der Waals surface area contributed by atoms with Crippen LogP contribution in [-0.4, -0.2) is 26.1 Å². The van der Waals surface area contributed by atoms with Gasteiger partial charge < -0.3 is 10.1 Å². The summed E-state index contributed by atoms with van der Waals surface area (Å²) in [4.78, 5) is 13.7. The molecular weight excluding hydrogens is 393 g/mol. The van der Waals surface area contributed by atoms with Crippen LogP contribution in [0.25, 0.3) is 5.69 Å². The molecule has 0 aliphatic carbocycles. The number of aromatic nitrogens is 4. The summed E-state index contributed by atoms with van der Waals surface area (Å²) in [6.07, 6.45) is 0. The van der Waals surface area contributed by atoms with Gasteiger partial charge in [-0.15, -0.1) is 16.4 Å². The summed E-state index contributed by atoms with van der Waals surface area (Å²) >= 11 is 1.61. The smallest absolute Gasteiger partial charge is 0.255 e. The molecular formula is C20H16FN5O2S. The number of benzene rings is 2. The highest BCUT2D eigenvalue weighted by molar-refractivity contribution is 7.09. The zero-order valence-electron chi connectivity index (χ0n) is 15.4. The predicted molar refractivity (Wildman–Crippen MR) is 107 cm³/mol. The molecule has 0 fully saturated rings. The van der Waals surface area contributed by atoms with Crippen molar-refractivity contribution in [2.24, 2.45) is 0 Å². The first kappa shape index (κ1) is 18.8. The van der Waals surface area contributed by atoms with Gasteiger partial charge in [0.15, 0.2) is 5.82 Å². The number of anilines is 1. The van der Waals surface area contributed by atoms with Crippen LogP contribution < -0.4 is 10.1 Å². The first-order chi connectivity index (χ1) is 14.1. The van der Waals surface area contributed by atoms with Crippen LogP contribution in [0.1, 0.15) is 21.1 Å². The number of tetrazole rings is 1. The number of rotatable bonds is 6. The van der Waals surface area contributed by atoms with Crippen molar-refractivity contribution in [3.8, 4) is 11.4 Å². The van der Waals surface area contributed by atoms with E-state index in [4.69, 9.17) is 4.74 Å². The van der Waals surface area contributed by atoms with E-state index in [9.17, 15) is 9.18 Å². The Kier molecular flexibility index (Phi) is 5.30. The average molecular weight is 409 g/mol. The standard InChI is InChI=1S/C20H16FN5O2S/c1-13-23-24-25-26(13)19-11-15(7-8-18(19)21)22-20(27)14-4-2-5-16(10-14)28-12-17-6-3-9-29-17/h2-11H,12H2,1H3,(H,22,27). The molecule has 4 rings (SSSR count). The number of carbonyl (C=O) groups is 1. The maximum Gasteiger partial charge on any atom is 0.255 e. The van der Waals surface area contributed by atoms with Crippen molar-refractivity contribution in [3.05, 3.63) is 82.1 Å². The molecule has 146 valence electrons. The molecule has 0 atom stereocenters. The third-order valence-corrected chi connectivity index (χ3v) is 4.96. The number of aryl methyl sites for hydroxylation is 1. The molecule has 9 heteroatoms. The van der Waals surface area contributed by atoms with Gasteiger partial charge in [0.1, 0.15) is 23.9 Å². The van der Waals surface area contributed by atoms with E-state index in [2.05, 4.69) is 20.8 Å². The molecule has 1 N–H and O–H groups in total. The molecule has 7 nitrogen and oxygen atoms in total. The SMILES string of the molecule is Cc1nnnn1-c1cc(NC(=O)c2cccc(OCc3cccs3)c2)ccc1F. The molecule has 4 aromatic rings. The van der Waals surface area contributed by atoms with Crippen molar-refractivity contribution in [1.29, 1.82) is 0 Å². The quantitative estimate of drug-likeness (QED) is 0.520. The van der Waals surface area contributed by atoms with Crippen LogP contribution in [0.5, 0.6) is 5.75 Å². The lowest BCUT2D eigenvalue weighted by atomic mass is 10.2. The number of nitrogens with one attached hydrogen (secondary N) is 1. The summed E-state index contributed by atoms with van der Waals surface area (Å²) in [5, 5.41) is 15.8. The highest BCUT2D eigenvalue weighted by Gasteiger charge is 2.13. The fourth-order valence-electron chi connectivity index (χ4n) is 2.69. The first-order valence-electron chi connectivity index (χ1n) is 8.71. The van der Waals surface area contributed by atoms with Crippen LogP contribution >= 0.6 is 11.3 Å². The molecule has 0 saturated heterocycles. The zero-order valence-corrected chi connectivity index (χ0v) is 16.2. The molecule has 0 bridgehead atoms. The topological polar surface area (TPSA) is 81.9 Å². The van der Waals surface area contributed by atoms with E-state index in [-0.39, 0.29) is 11.6 Å². The van der Waals surface area contributed by atoms with Crippen molar-refractivity contribution < 1.29 is 13.9 Å². The van der Waals surface area contributed by atoms with Crippen molar-refractivity contribution in [3.63, 3.8) is 0 Å². The first-order valence-corrected chi connectivity index (χ1v) is 9.59. The van der Waals surface area contributed by atoms with Crippen LogP contribution in [0.3, 0.4) is 0 Å². The lowest BCUT2D eigenvalue weighted by molar-refractivity contribution is 0.102. The molecule has 0 saturated carbocycles. The second-order valence-electron chi connectivity index (χ2n) is 6.15. The van der Waals surface area contributed by atoms with Gasteiger partial charge in [0.05, 0.1) is 0 Å². The summed E-state index contributed by atoms with van der Waals surface area (Å²) < 4.78 is 21.2. The molecule has 0 radical (unpaired) electrons. The Morgan fingerprint density at radius 2 is 2.10 bits per heavy atom. The molecule has 0 unspecified atom stereocenters. The van der Waals surface area contributed by atoms with Crippen molar-refractivity contribution >= 4 is 22.9 Å². The monoisotopic (exact) mass is 409 g/mol. The van der Waals surface area contributed by atoms with E-state index in [1.807, 2.05) is 17.5 Å². The summed E-state index contributed by atoms with van der Waals surface area (Å²) in [6, 6.07) is 15.1. The van der Waals surface area contributed by atoms with E-state index in [0.29, 0.717) is 29.4 Å². The predicted octanol–water partition coefficient (Wildman–Crippen LogP) is 4.00. The number of hydrogen-bond acceptors (Lipinski definition) is 6. The maximum absolute atomic E-state index is 14.2. The molecule has 29 heavy (non-hydrogen) atoms. The second-order valence-corrected chi connectivity index (χ2v) is 7.19. The van der Waals surface area contributed by atoms with Gasteiger partial charge in [-0.25, -0.2) is 4.39 Å². The van der Waals surface area contributed by atoms with E-state index in [1.165, 1.54) is 22.9 Å². The maximum atomic E-state index is 14.2. The molecule has 2 aromatic carbocycles. The van der Waals surface area contributed by atoms with Gasteiger partial charge in [-0.1, -0.05) is 12.1 Å². The molecule has 0 aliphatic rings. The van der Waals surface area contributed by atoms with Crippen molar-refractivity contribution in [2.75, 3.05) is 5.32 Å². The molecule has 2 aromatic heterocycles. The third-order valence-electron chi connectivity index (χ3n) is 4.12. The van der Waals surface area contributed by atoms with Crippen molar-refractivity contribution in [1.82, 2.24) is 20.2 Å². The van der Waals surface area contributed by atoms with E-state index >= 15 is 0 Å². The highest BCUT2D eigenvalue weighted by atomic mass is 32.1. The Morgan fingerprint density at radius 3 is 2.86 bits per heavy atom. The average Bonchev–Trinajstić information content (AvgIpc) is 3.40. The summed E-state index contributed by atoms with van der Waals surface area (Å²) in [5.74, 6) is 0.193. The lowest BCUT2D eigenvalue weighted by Crippen LogP contribution is -2.13. The van der Waals surface area contributed by atoms with Gasteiger partial charge in [-0.2, -0.15) is 4.68 Å². The second kappa shape index (κ2) is 8.19. The Balaban J connectivity index is 1.49. The molecule has 0 spiro atoms. The van der Waals surface area contributed by atoms with Crippen LogP contribution in [0.4, 0.5) is 10.1 Å². The Bertz CT molecular complexity index is 1140. The van der Waals surface area contributed by atoms with Crippen LogP contribution in [-0.2, 0) is 6.61 Å². The number of nitrogens with zero attached hydrogens (tertiary/aromatic N) is 4. The zero-order chi connectivity index (χ0) is 20.2. The summed E-state index contributed by atoms with van der Waals surface area (Å²) in [7, 11) is 0. The van der Waals surface area contributed by atoms with Gasteiger partial charge in [0.2, 0.25) is 0 Å². The van der Waals surface area contributed by atoms with E-state index in [1.54, 1.807) is 42.5 Å². The number of amides is 1. The Labute approximate surface area is 169 Å². The van der Waals surface area contributed by atoms with Gasteiger partial charge in [0, 0.05) is 16.1 Å². The minimum Gasteiger partial charge on any atom is -0.488 e. The minimum atomic E-state index is -0.498. The summed E-state index contributed by atoms with van der Waals surface area (Å²) in [6.45, 7) is 2.10. The number of ether oxygens (including phenoxy) is 1. The largest absolute Gasteiger partial charge is 0.488 e. The number of thiophene rings is 1. The Morgan fingerprint density at radius 1 is 1.21 bits per heavy atom. The van der Waals surface area contributed by atoms with Crippen LogP contribution in [0.15, 0.2) is 60.0 Å². The fourth-order valence-corrected chi connectivity index (χ4v) is 3.30. The van der Waals surface area contributed by atoms with Gasteiger partial charge >= 0.3 is 0 Å². The molecule has 2 heterocycles. The molecule has 0 aliphatic heterocycles. The van der Waals surface area contributed by atoms with Gasteiger partial charge in [-0.05, 0) is 65.2 Å². The van der Waals surface area contributed by atoms with E-state index < -0.39 is 5.82 Å². The third kappa shape index (κ3) is 4.30. The van der Waals surface area contributed by atoms with Crippen LogP contribution in [0.2, 0.25) is 0 Å². The highest BCUT2D eigenvalue weighted by Crippen LogP contribution is 2.21. The fraction of sp³-hybridized carbons (Fsp3) is 0.100. The van der Waals surface area contributed by atoms with Gasteiger partial charge in [-0.3, -0.25) is 4.79 Å². The lowest BCUT2D eigenvalue weighted by Gasteiger charge is -2.10. The molecule has 1 amide bonds.